The number of aliphatic hydroxyl groups excluding tert-OH is 1. The monoisotopic (exact) mass is 402 g/mol. The minimum Gasteiger partial charge on any atom is -0.748 e. The van der Waals surface area contributed by atoms with Gasteiger partial charge in [0.1, 0.15) is 0 Å². The van der Waals surface area contributed by atoms with Gasteiger partial charge in [-0.2, -0.15) is 0 Å². The van der Waals surface area contributed by atoms with E-state index in [-0.39, 0.29) is 57.5 Å². The third-order valence-corrected chi connectivity index (χ3v) is 6.00. The fraction of sp³-hybridized carbons (Fsp3) is 1.00. The molecule has 0 saturated carbocycles. The quantitative estimate of drug-likeness (QED) is 0.230. The number of hydrogen-bond donors (Lipinski definition) is 1. The first-order valence-corrected chi connectivity index (χ1v) is 11.5. The van der Waals surface area contributed by atoms with Crippen molar-refractivity contribution in [3.63, 3.8) is 0 Å². The van der Waals surface area contributed by atoms with Gasteiger partial charge in [0, 0.05) is 5.25 Å². The van der Waals surface area contributed by atoms with Crippen LogP contribution >= 0.6 is 0 Å². The van der Waals surface area contributed by atoms with E-state index in [4.69, 9.17) is 0 Å². The van der Waals surface area contributed by atoms with Gasteiger partial charge in [-0.3, -0.25) is 0 Å². The third kappa shape index (κ3) is 20.1. The Morgan fingerprint density at radius 2 is 1.16 bits per heavy atom. The zero-order chi connectivity index (χ0) is 18.3. The van der Waals surface area contributed by atoms with Crippen LogP contribution in [-0.4, -0.2) is 29.4 Å². The van der Waals surface area contributed by atoms with E-state index < -0.39 is 15.4 Å². The SMILES string of the molecule is CCCCCCCCCCCCCC(O)CCCC(C)S(=O)(=O)[O-].[K+]. The molecule has 6 heteroatoms. The molecule has 0 aliphatic rings. The summed E-state index contributed by atoms with van der Waals surface area (Å²) in [5.74, 6) is 0. The van der Waals surface area contributed by atoms with Gasteiger partial charge in [0.05, 0.1) is 16.2 Å². The van der Waals surface area contributed by atoms with Crippen LogP contribution in [0.15, 0.2) is 0 Å². The van der Waals surface area contributed by atoms with Crippen LogP contribution in [0, 0.1) is 0 Å². The Morgan fingerprint density at radius 3 is 1.60 bits per heavy atom. The Balaban J connectivity index is 0. The van der Waals surface area contributed by atoms with Crippen LogP contribution in [0.4, 0.5) is 0 Å². The number of hydrogen-bond acceptors (Lipinski definition) is 4. The van der Waals surface area contributed by atoms with Gasteiger partial charge in [-0.25, -0.2) is 8.42 Å². The van der Waals surface area contributed by atoms with Gasteiger partial charge in [0.25, 0.3) is 0 Å². The molecule has 0 amide bonds. The summed E-state index contributed by atoms with van der Waals surface area (Å²) in [7, 11) is -4.17. The smallest absolute Gasteiger partial charge is 0.748 e. The molecule has 4 nitrogen and oxygen atoms in total. The van der Waals surface area contributed by atoms with Crippen molar-refractivity contribution < 1.29 is 69.5 Å². The van der Waals surface area contributed by atoms with E-state index in [1.54, 1.807) is 0 Å². The van der Waals surface area contributed by atoms with E-state index in [9.17, 15) is 18.1 Å². The predicted molar refractivity (Wildman–Crippen MR) is 100 cm³/mol. The summed E-state index contributed by atoms with van der Waals surface area (Å²) in [4.78, 5) is 0. The average molecular weight is 403 g/mol. The summed E-state index contributed by atoms with van der Waals surface area (Å²) in [6, 6.07) is 0. The molecule has 146 valence electrons. The van der Waals surface area contributed by atoms with Crippen LogP contribution in [0.5, 0.6) is 0 Å². The zero-order valence-corrected chi connectivity index (χ0v) is 20.8. The standard InChI is InChI=1S/C19H40O4S.K/c1-3-4-5-6-7-8-9-10-11-12-13-16-19(20)17-14-15-18(2)24(21,22)23;/h18-20H,3-17H2,1-2H3,(H,21,22,23);/q;+1/p-1. The van der Waals surface area contributed by atoms with Crippen molar-refractivity contribution in [3.8, 4) is 0 Å². The molecule has 2 unspecified atom stereocenters. The maximum absolute atomic E-state index is 10.8. The molecule has 0 fully saturated rings. The van der Waals surface area contributed by atoms with E-state index in [0.717, 1.165) is 19.3 Å². The fourth-order valence-corrected chi connectivity index (χ4v) is 3.43. The van der Waals surface area contributed by atoms with Gasteiger partial charge in [0.15, 0.2) is 0 Å². The van der Waals surface area contributed by atoms with Crippen LogP contribution in [0.25, 0.3) is 0 Å². The summed E-state index contributed by atoms with van der Waals surface area (Å²) < 4.78 is 32.3. The van der Waals surface area contributed by atoms with E-state index in [2.05, 4.69) is 6.92 Å². The summed E-state index contributed by atoms with van der Waals surface area (Å²) >= 11 is 0. The molecule has 0 aliphatic carbocycles. The molecule has 0 heterocycles. The van der Waals surface area contributed by atoms with Crippen molar-refractivity contribution in [2.75, 3.05) is 0 Å². The van der Waals surface area contributed by atoms with Crippen LogP contribution in [0.3, 0.4) is 0 Å². The Hall–Kier alpha value is 1.51. The van der Waals surface area contributed by atoms with Gasteiger partial charge in [0.2, 0.25) is 0 Å². The maximum Gasteiger partial charge on any atom is 1.00 e. The Bertz CT molecular complexity index is 374. The summed E-state index contributed by atoms with van der Waals surface area (Å²) in [5.41, 5.74) is 0. The molecule has 0 saturated heterocycles. The fourth-order valence-electron chi connectivity index (χ4n) is 2.97. The Labute approximate surface area is 199 Å². The molecule has 0 aromatic rings. The summed E-state index contributed by atoms with van der Waals surface area (Å²) in [6.45, 7) is 3.69. The Morgan fingerprint density at radius 1 is 0.760 bits per heavy atom. The minimum atomic E-state index is -4.17. The van der Waals surface area contributed by atoms with E-state index in [0.29, 0.717) is 19.3 Å². The molecule has 0 radical (unpaired) electrons. The van der Waals surface area contributed by atoms with Crippen molar-refractivity contribution in [2.45, 2.75) is 122 Å². The first-order valence-electron chi connectivity index (χ1n) is 10.0. The second-order valence-electron chi connectivity index (χ2n) is 7.21. The molecule has 25 heavy (non-hydrogen) atoms. The largest absolute Gasteiger partial charge is 1.00 e. The van der Waals surface area contributed by atoms with E-state index in [1.165, 1.54) is 64.7 Å². The second kappa shape index (κ2) is 18.9. The molecule has 2 atom stereocenters. The van der Waals surface area contributed by atoms with Crippen LogP contribution < -0.4 is 51.4 Å². The molecule has 0 spiro atoms. The molecule has 1 N–H and O–H groups in total. The number of unbranched alkanes of at least 4 members (excludes halogenated alkanes) is 10. The molecular formula is C19H39KO4S. The van der Waals surface area contributed by atoms with Gasteiger partial charge >= 0.3 is 51.4 Å². The minimum absolute atomic E-state index is 0. The van der Waals surface area contributed by atoms with Crippen molar-refractivity contribution in [1.29, 1.82) is 0 Å². The van der Waals surface area contributed by atoms with Crippen LogP contribution in [-0.2, 0) is 10.1 Å². The number of rotatable bonds is 17. The van der Waals surface area contributed by atoms with Crippen molar-refractivity contribution in [1.82, 2.24) is 0 Å². The van der Waals surface area contributed by atoms with Crippen LogP contribution in [0.1, 0.15) is 110 Å². The zero-order valence-electron chi connectivity index (χ0n) is 16.8. The Kier molecular flexibility index (Phi) is 21.7. The molecular weight excluding hydrogens is 363 g/mol. The summed E-state index contributed by atoms with van der Waals surface area (Å²) in [6.07, 6.45) is 16.2. The van der Waals surface area contributed by atoms with E-state index >= 15 is 0 Å². The van der Waals surface area contributed by atoms with Gasteiger partial charge < -0.3 is 9.66 Å². The molecule has 0 aromatic heterocycles. The first kappa shape index (κ1) is 28.7. The molecule has 0 aromatic carbocycles. The molecule has 0 rings (SSSR count). The maximum atomic E-state index is 10.8. The molecule has 0 aliphatic heterocycles. The van der Waals surface area contributed by atoms with Crippen molar-refractivity contribution >= 4 is 10.1 Å². The third-order valence-electron chi connectivity index (χ3n) is 4.78. The second-order valence-corrected chi connectivity index (χ2v) is 9.00. The molecule has 0 bridgehead atoms. The normalized spacial score (nSPS) is 14.1. The first-order chi connectivity index (χ1) is 11.4. The topological polar surface area (TPSA) is 77.4 Å². The van der Waals surface area contributed by atoms with Crippen LogP contribution in [0.2, 0.25) is 0 Å². The van der Waals surface area contributed by atoms with Gasteiger partial charge in [-0.05, 0) is 32.6 Å². The average Bonchev–Trinajstić information content (AvgIpc) is 2.51. The van der Waals surface area contributed by atoms with Gasteiger partial charge in [-0.15, -0.1) is 0 Å². The predicted octanol–water partition coefficient (Wildman–Crippen LogP) is 2.16. The van der Waals surface area contributed by atoms with E-state index in [1.807, 2.05) is 0 Å². The number of aliphatic hydroxyl groups is 1. The van der Waals surface area contributed by atoms with Crippen molar-refractivity contribution in [2.24, 2.45) is 0 Å². The summed E-state index contributed by atoms with van der Waals surface area (Å²) in [5, 5.41) is 9.04. The van der Waals surface area contributed by atoms with Gasteiger partial charge in [-0.1, -0.05) is 77.6 Å². The van der Waals surface area contributed by atoms with Crippen molar-refractivity contribution in [3.05, 3.63) is 0 Å².